The summed E-state index contributed by atoms with van der Waals surface area (Å²) in [5.41, 5.74) is -2.25. The Balaban J connectivity index is 3.34. The number of carbonyl (C=O) groups excluding carboxylic acids is 1. The number of anilines is 1. The van der Waals surface area contributed by atoms with E-state index in [0.717, 1.165) is 4.90 Å². The number of carboxylic acids is 1. The molecule has 0 aliphatic carbocycles. The maximum atomic E-state index is 11.3. The molecule has 1 N–H and O–H groups in total. The van der Waals surface area contributed by atoms with Crippen molar-refractivity contribution >= 4 is 35.4 Å². The van der Waals surface area contributed by atoms with Crippen molar-refractivity contribution in [2.75, 3.05) is 18.6 Å². The summed E-state index contributed by atoms with van der Waals surface area (Å²) in [6.45, 7) is 5.26. The van der Waals surface area contributed by atoms with Gasteiger partial charge < -0.3 is 19.5 Å². The van der Waals surface area contributed by atoms with Crippen molar-refractivity contribution in [2.24, 2.45) is 0 Å². The van der Waals surface area contributed by atoms with Gasteiger partial charge in [0.2, 0.25) is 16.8 Å². The lowest BCUT2D eigenvalue weighted by atomic mass is 10.2. The number of likely N-dealkylation sites (N-methyl/N-ethyl adjacent to an activating group) is 1. The first-order valence-electron chi connectivity index (χ1n) is 6.75. The fourth-order valence-electron chi connectivity index (χ4n) is 1.71. The summed E-state index contributed by atoms with van der Waals surface area (Å²) in [4.78, 5) is 41.1. The van der Waals surface area contributed by atoms with Crippen LogP contribution in [0.15, 0.2) is 0 Å². The Morgan fingerprint density at radius 1 is 1.50 bits per heavy atom. The molecule has 1 heterocycles. The minimum atomic E-state index is -1.63. The van der Waals surface area contributed by atoms with Gasteiger partial charge in [-0.3, -0.25) is 10.1 Å². The monoisotopic (exact) mass is 360 g/mol. The molecule has 0 fully saturated rings. The predicted molar refractivity (Wildman–Crippen MR) is 84.6 cm³/mol. The van der Waals surface area contributed by atoms with Gasteiger partial charge in [-0.1, -0.05) is 0 Å². The number of hydrogen-bond donors (Lipinski definition) is 1. The van der Waals surface area contributed by atoms with Crippen LogP contribution in [0.25, 0.3) is 0 Å². The number of aldehydes is 1. The second-order valence-corrected chi connectivity index (χ2v) is 6.15. The van der Waals surface area contributed by atoms with Gasteiger partial charge in [-0.05, 0) is 32.4 Å². The molecule has 0 aromatic carbocycles. The zero-order chi connectivity index (χ0) is 18.7. The van der Waals surface area contributed by atoms with E-state index in [2.05, 4.69) is 9.97 Å². The van der Waals surface area contributed by atoms with Crippen molar-refractivity contribution in [1.29, 1.82) is 0 Å². The third kappa shape index (κ3) is 4.83. The molecule has 24 heavy (non-hydrogen) atoms. The summed E-state index contributed by atoms with van der Waals surface area (Å²) in [7, 11) is 1.35. The van der Waals surface area contributed by atoms with Gasteiger partial charge in [-0.15, -0.1) is 0 Å². The van der Waals surface area contributed by atoms with Crippen LogP contribution in [0.1, 0.15) is 31.3 Å². The summed E-state index contributed by atoms with van der Waals surface area (Å²) < 4.78 is 5.50. The first-order valence-corrected chi connectivity index (χ1v) is 7.13. The van der Waals surface area contributed by atoms with Crippen molar-refractivity contribution in [3.05, 3.63) is 21.1 Å². The molecule has 0 amide bonds. The maximum absolute atomic E-state index is 11.3. The van der Waals surface area contributed by atoms with E-state index in [1.54, 1.807) is 20.8 Å². The lowest BCUT2D eigenvalue weighted by Crippen LogP contribution is -2.40. The highest BCUT2D eigenvalue weighted by Crippen LogP contribution is 2.30. The molecule has 1 aromatic heterocycles. The zero-order valence-corrected chi connectivity index (χ0v) is 14.3. The molecule has 0 radical (unpaired) electrons. The number of rotatable bonds is 7. The van der Waals surface area contributed by atoms with Crippen molar-refractivity contribution in [1.82, 2.24) is 9.97 Å². The van der Waals surface area contributed by atoms with Crippen LogP contribution in [0.5, 0.6) is 0 Å². The number of aromatic nitrogens is 2. The minimum absolute atomic E-state index is 0.0787. The summed E-state index contributed by atoms with van der Waals surface area (Å²) in [6.07, 6.45) is 0.520. The number of ether oxygens (including phenoxy) is 1. The molecule has 10 nitrogen and oxygen atoms in total. The molecule has 0 saturated heterocycles. The molecule has 1 rings (SSSR count). The smallest absolute Gasteiger partial charge is 0.362 e. The number of halogens is 1. The van der Waals surface area contributed by atoms with Gasteiger partial charge in [-0.25, -0.2) is 9.78 Å². The van der Waals surface area contributed by atoms with E-state index >= 15 is 0 Å². The van der Waals surface area contributed by atoms with Crippen molar-refractivity contribution in [3.63, 3.8) is 0 Å². The number of nitro groups is 1. The molecule has 0 aliphatic heterocycles. The standard InChI is InChI=1S/C13H17ClN4O6/c1-13(2,3)24-6-7(5-19)17(4)10-9(18(22)23)8(11(20)21)15-12(14)16-10/h5,7H,6H2,1-4H3,(H,20,21)/t7-/m1/s1. The highest BCUT2D eigenvalue weighted by molar-refractivity contribution is 6.28. The molecular formula is C13H17ClN4O6. The third-order valence-electron chi connectivity index (χ3n) is 2.90. The molecule has 132 valence electrons. The topological polar surface area (TPSA) is 136 Å². The van der Waals surface area contributed by atoms with Crippen molar-refractivity contribution in [3.8, 4) is 0 Å². The average Bonchev–Trinajstić information content (AvgIpc) is 2.44. The van der Waals surface area contributed by atoms with Crippen LogP contribution in [-0.4, -0.2) is 57.6 Å². The second kappa shape index (κ2) is 7.49. The predicted octanol–water partition coefficient (Wildman–Crippen LogP) is 1.56. The van der Waals surface area contributed by atoms with Gasteiger partial charge in [0.1, 0.15) is 12.3 Å². The number of carbonyl (C=O) groups is 2. The summed E-state index contributed by atoms with van der Waals surface area (Å²) in [6, 6.07) is -0.935. The molecule has 1 aromatic rings. The summed E-state index contributed by atoms with van der Waals surface area (Å²) >= 11 is 5.66. The molecule has 0 aliphatic rings. The molecule has 0 unspecified atom stereocenters. The van der Waals surface area contributed by atoms with Gasteiger partial charge in [-0.2, -0.15) is 4.98 Å². The number of hydrogen-bond acceptors (Lipinski definition) is 8. The van der Waals surface area contributed by atoms with E-state index < -0.39 is 39.2 Å². The maximum Gasteiger partial charge on any atom is 0.362 e. The fourth-order valence-corrected chi connectivity index (χ4v) is 1.88. The van der Waals surface area contributed by atoms with Crippen LogP contribution in [0.3, 0.4) is 0 Å². The molecule has 11 heteroatoms. The lowest BCUT2D eigenvalue weighted by molar-refractivity contribution is -0.384. The van der Waals surface area contributed by atoms with E-state index in [0.29, 0.717) is 6.29 Å². The van der Waals surface area contributed by atoms with Gasteiger partial charge >= 0.3 is 11.7 Å². The average molecular weight is 361 g/mol. The Labute approximate surface area is 142 Å². The van der Waals surface area contributed by atoms with Crippen molar-refractivity contribution in [2.45, 2.75) is 32.4 Å². The molecular weight excluding hydrogens is 344 g/mol. The Bertz CT molecular complexity index is 661. The van der Waals surface area contributed by atoms with E-state index in [9.17, 15) is 19.7 Å². The van der Waals surface area contributed by atoms with Gasteiger partial charge in [0.05, 0.1) is 17.1 Å². The quantitative estimate of drug-likeness (QED) is 0.332. The van der Waals surface area contributed by atoms with Gasteiger partial charge in [0.25, 0.3) is 0 Å². The molecule has 0 bridgehead atoms. The Hall–Kier alpha value is -2.33. The summed E-state index contributed by atoms with van der Waals surface area (Å²) in [5, 5.41) is 19.9. The van der Waals surface area contributed by atoms with Crippen LogP contribution in [0.2, 0.25) is 5.28 Å². The lowest BCUT2D eigenvalue weighted by Gasteiger charge is -2.28. The Morgan fingerprint density at radius 2 is 2.08 bits per heavy atom. The molecule has 1 atom stereocenters. The third-order valence-corrected chi connectivity index (χ3v) is 3.07. The van der Waals surface area contributed by atoms with E-state index in [1.807, 2.05) is 0 Å². The first kappa shape index (κ1) is 19.7. The Kier molecular flexibility index (Phi) is 6.16. The van der Waals surface area contributed by atoms with Crippen molar-refractivity contribution < 1.29 is 24.4 Å². The van der Waals surface area contributed by atoms with Crippen LogP contribution in [0, 0.1) is 10.1 Å². The number of carboxylic acid groups (broad SMARTS) is 1. The Morgan fingerprint density at radius 3 is 2.50 bits per heavy atom. The van der Waals surface area contributed by atoms with Gasteiger partial charge in [0, 0.05) is 7.05 Å². The van der Waals surface area contributed by atoms with Crippen LogP contribution < -0.4 is 4.90 Å². The second-order valence-electron chi connectivity index (χ2n) is 5.81. The fraction of sp³-hybridized carbons (Fsp3) is 0.538. The molecule has 0 spiro atoms. The minimum Gasteiger partial charge on any atom is -0.476 e. The van der Waals surface area contributed by atoms with Gasteiger partial charge in [0.15, 0.2) is 0 Å². The first-order chi connectivity index (χ1) is 11.0. The highest BCUT2D eigenvalue weighted by Gasteiger charge is 2.33. The van der Waals surface area contributed by atoms with E-state index in [1.165, 1.54) is 7.05 Å². The van der Waals surface area contributed by atoms with Crippen LogP contribution in [0.4, 0.5) is 11.5 Å². The largest absolute Gasteiger partial charge is 0.476 e. The zero-order valence-electron chi connectivity index (χ0n) is 13.5. The van der Waals surface area contributed by atoms with Crippen LogP contribution >= 0.6 is 11.6 Å². The number of nitrogens with zero attached hydrogens (tertiary/aromatic N) is 4. The van der Waals surface area contributed by atoms with E-state index in [-0.39, 0.29) is 12.4 Å². The van der Waals surface area contributed by atoms with Crippen LogP contribution in [-0.2, 0) is 9.53 Å². The SMILES string of the molecule is CN(c1nc(Cl)nc(C(=O)O)c1[N+](=O)[O-])[C@H](C=O)COC(C)(C)C. The highest BCUT2D eigenvalue weighted by atomic mass is 35.5. The normalized spacial score (nSPS) is 12.5. The van der Waals surface area contributed by atoms with E-state index in [4.69, 9.17) is 21.4 Å². The molecule has 0 saturated carbocycles. The number of aromatic carboxylic acids is 1. The summed E-state index contributed by atoms with van der Waals surface area (Å²) in [5.74, 6) is -2.01.